The van der Waals surface area contributed by atoms with Gasteiger partial charge in [0.25, 0.3) is 10.0 Å². The molecule has 0 aliphatic heterocycles. The molecule has 29 heavy (non-hydrogen) atoms. The molecule has 0 radical (unpaired) electrons. The highest BCUT2D eigenvalue weighted by molar-refractivity contribution is 7.99. The Bertz CT molecular complexity index is 1120. The smallest absolute Gasteiger partial charge is 0.263 e. The summed E-state index contributed by atoms with van der Waals surface area (Å²) < 4.78 is 28.1. The van der Waals surface area contributed by atoms with Crippen LogP contribution in [-0.4, -0.2) is 24.4 Å². The molecule has 0 amide bonds. The third-order valence-corrected chi connectivity index (χ3v) is 6.45. The van der Waals surface area contributed by atoms with Crippen molar-refractivity contribution in [3.05, 3.63) is 83.0 Å². The van der Waals surface area contributed by atoms with Crippen LogP contribution in [0.1, 0.15) is 29.8 Å². The molecule has 0 saturated heterocycles. The summed E-state index contributed by atoms with van der Waals surface area (Å²) in [4.78, 5) is 18.0. The number of halogens is 1. The summed E-state index contributed by atoms with van der Waals surface area (Å²) in [6.45, 7) is 4.13. The van der Waals surface area contributed by atoms with E-state index in [9.17, 15) is 13.2 Å². The highest BCUT2D eigenvalue weighted by Gasteiger charge is 2.21. The zero-order valence-corrected chi connectivity index (χ0v) is 18.2. The number of pyridine rings is 1. The van der Waals surface area contributed by atoms with E-state index in [1.807, 2.05) is 0 Å². The molecular formula is C21H19ClN2O3S2. The average Bonchev–Trinajstić information content (AvgIpc) is 2.69. The maximum absolute atomic E-state index is 12.9. The van der Waals surface area contributed by atoms with Crippen molar-refractivity contribution in [3.63, 3.8) is 0 Å². The van der Waals surface area contributed by atoms with Crippen molar-refractivity contribution in [2.24, 2.45) is 0 Å². The molecular weight excluding hydrogens is 428 g/mol. The van der Waals surface area contributed by atoms with E-state index >= 15 is 0 Å². The molecule has 0 atom stereocenters. The summed E-state index contributed by atoms with van der Waals surface area (Å²) in [6.07, 6.45) is 1.30. The summed E-state index contributed by atoms with van der Waals surface area (Å²) in [5, 5.41) is 0.627. The lowest BCUT2D eigenvalue weighted by atomic mass is 10.0. The number of hydrogen-bond donors (Lipinski definition) is 1. The van der Waals surface area contributed by atoms with Gasteiger partial charge in [-0.1, -0.05) is 55.8 Å². The van der Waals surface area contributed by atoms with Gasteiger partial charge in [-0.3, -0.25) is 9.52 Å². The Morgan fingerprint density at radius 3 is 2.34 bits per heavy atom. The van der Waals surface area contributed by atoms with Crippen LogP contribution in [0.25, 0.3) is 0 Å². The molecule has 0 spiro atoms. The fraction of sp³-hybridized carbons (Fsp3) is 0.143. The number of carbonyl (C=O) groups is 1. The Balaban J connectivity index is 1.92. The summed E-state index contributed by atoms with van der Waals surface area (Å²) in [5.74, 6) is -0.439. The van der Waals surface area contributed by atoms with Gasteiger partial charge in [0, 0.05) is 21.9 Å². The Hall–Kier alpha value is -2.35. The first-order valence-electron chi connectivity index (χ1n) is 8.81. The van der Waals surface area contributed by atoms with Crippen LogP contribution in [0, 0.1) is 0 Å². The Morgan fingerprint density at radius 1 is 1.07 bits per heavy atom. The number of carbonyl (C=O) groups excluding carboxylic acids is 1. The number of nitrogens with one attached hydrogen (secondary N) is 1. The number of thioether (sulfide) groups is 1. The van der Waals surface area contributed by atoms with E-state index in [2.05, 4.69) is 23.6 Å². The van der Waals surface area contributed by atoms with Gasteiger partial charge in [-0.25, -0.2) is 13.4 Å². The van der Waals surface area contributed by atoms with Crippen LogP contribution in [0.3, 0.4) is 0 Å². The van der Waals surface area contributed by atoms with E-state index in [-0.39, 0.29) is 27.1 Å². The van der Waals surface area contributed by atoms with E-state index in [1.54, 1.807) is 54.2 Å². The van der Waals surface area contributed by atoms with Gasteiger partial charge in [0.1, 0.15) is 0 Å². The number of sulfonamides is 1. The molecule has 1 N–H and O–H groups in total. The molecule has 3 rings (SSSR count). The average molecular weight is 447 g/mol. The molecule has 2 aromatic carbocycles. The van der Waals surface area contributed by atoms with Crippen LogP contribution in [0.15, 0.2) is 76.7 Å². The summed E-state index contributed by atoms with van der Waals surface area (Å²) in [6, 6.07) is 16.5. The first-order chi connectivity index (χ1) is 13.8. The highest BCUT2D eigenvalue weighted by atomic mass is 35.5. The Labute approximate surface area is 179 Å². The van der Waals surface area contributed by atoms with Crippen molar-refractivity contribution in [2.75, 3.05) is 4.72 Å². The lowest BCUT2D eigenvalue weighted by Gasteiger charge is -2.12. The van der Waals surface area contributed by atoms with Gasteiger partial charge in [0.2, 0.25) is 0 Å². The van der Waals surface area contributed by atoms with Crippen molar-refractivity contribution >= 4 is 45.0 Å². The van der Waals surface area contributed by atoms with Gasteiger partial charge in [0.05, 0.1) is 15.5 Å². The number of nitrogens with zero attached hydrogens (tertiary/aromatic N) is 1. The number of anilines is 1. The van der Waals surface area contributed by atoms with E-state index in [0.717, 1.165) is 4.90 Å². The number of aromatic nitrogens is 1. The van der Waals surface area contributed by atoms with Gasteiger partial charge in [0.15, 0.2) is 11.6 Å². The molecule has 5 nitrogen and oxygen atoms in total. The second kappa shape index (κ2) is 8.98. The van der Waals surface area contributed by atoms with Crippen LogP contribution in [0.4, 0.5) is 5.82 Å². The summed E-state index contributed by atoms with van der Waals surface area (Å²) >= 11 is 7.64. The first kappa shape index (κ1) is 21.4. The summed E-state index contributed by atoms with van der Waals surface area (Å²) in [5.41, 5.74) is 0.492. The minimum absolute atomic E-state index is 0.0658. The second-order valence-electron chi connectivity index (χ2n) is 6.49. The van der Waals surface area contributed by atoms with Crippen molar-refractivity contribution in [1.29, 1.82) is 0 Å². The second-order valence-corrected chi connectivity index (χ2v) is 10.3. The van der Waals surface area contributed by atoms with Gasteiger partial charge < -0.3 is 0 Å². The minimum Gasteiger partial charge on any atom is -0.288 e. The molecule has 0 aliphatic rings. The van der Waals surface area contributed by atoms with E-state index < -0.39 is 10.0 Å². The highest BCUT2D eigenvalue weighted by Crippen LogP contribution is 2.26. The molecule has 1 aromatic heterocycles. The number of benzene rings is 2. The largest absolute Gasteiger partial charge is 0.288 e. The van der Waals surface area contributed by atoms with Crippen molar-refractivity contribution in [2.45, 2.75) is 28.9 Å². The molecule has 150 valence electrons. The summed E-state index contributed by atoms with van der Waals surface area (Å²) in [7, 11) is -3.93. The SMILES string of the molecule is CC(C)Sc1ccc(S(=O)(=O)Nc2ncc(Cl)cc2C(=O)c2ccccc2)cc1. The van der Waals surface area contributed by atoms with Crippen LogP contribution in [-0.2, 0) is 10.0 Å². The molecule has 3 aromatic rings. The number of hydrogen-bond acceptors (Lipinski definition) is 5. The van der Waals surface area contributed by atoms with E-state index in [0.29, 0.717) is 10.8 Å². The maximum atomic E-state index is 12.9. The van der Waals surface area contributed by atoms with Crippen molar-refractivity contribution in [3.8, 4) is 0 Å². The minimum atomic E-state index is -3.93. The monoisotopic (exact) mass is 446 g/mol. The molecule has 0 unspecified atom stereocenters. The first-order valence-corrected chi connectivity index (χ1v) is 11.5. The van der Waals surface area contributed by atoms with Crippen LogP contribution in [0.5, 0.6) is 0 Å². The van der Waals surface area contributed by atoms with Crippen molar-refractivity contribution in [1.82, 2.24) is 4.98 Å². The molecule has 0 bridgehead atoms. The number of rotatable bonds is 7. The lowest BCUT2D eigenvalue weighted by Crippen LogP contribution is -2.17. The number of ketones is 1. The van der Waals surface area contributed by atoms with Gasteiger partial charge in [-0.15, -0.1) is 11.8 Å². The normalized spacial score (nSPS) is 11.4. The third-order valence-electron chi connectivity index (χ3n) is 3.87. The standard InChI is InChI=1S/C21H19ClN2O3S2/c1-14(2)28-17-8-10-18(11-9-17)29(26,27)24-21-19(12-16(22)13-23-21)20(25)15-6-4-3-5-7-15/h3-14H,1-2H3,(H,23,24). The zero-order valence-electron chi connectivity index (χ0n) is 15.8. The Kier molecular flexibility index (Phi) is 6.62. The van der Waals surface area contributed by atoms with Crippen LogP contribution >= 0.6 is 23.4 Å². The molecule has 0 aliphatic carbocycles. The van der Waals surface area contributed by atoms with Gasteiger partial charge in [-0.2, -0.15) is 0 Å². The van der Waals surface area contributed by atoms with Crippen LogP contribution < -0.4 is 4.72 Å². The van der Waals surface area contributed by atoms with Gasteiger partial charge in [-0.05, 0) is 30.3 Å². The molecule has 1 heterocycles. The molecule has 0 saturated carbocycles. The van der Waals surface area contributed by atoms with Crippen molar-refractivity contribution < 1.29 is 13.2 Å². The third kappa shape index (κ3) is 5.38. The topological polar surface area (TPSA) is 76.1 Å². The fourth-order valence-corrected chi connectivity index (χ4v) is 4.62. The van der Waals surface area contributed by atoms with E-state index in [1.165, 1.54) is 24.4 Å². The maximum Gasteiger partial charge on any atom is 0.263 e. The zero-order chi connectivity index (χ0) is 21.0. The lowest BCUT2D eigenvalue weighted by molar-refractivity contribution is 0.103. The Morgan fingerprint density at radius 2 is 1.72 bits per heavy atom. The van der Waals surface area contributed by atoms with E-state index in [4.69, 9.17) is 11.6 Å². The molecule has 0 fully saturated rings. The molecule has 8 heteroatoms. The fourth-order valence-electron chi connectivity index (χ4n) is 2.59. The predicted molar refractivity (Wildman–Crippen MR) is 117 cm³/mol. The quantitative estimate of drug-likeness (QED) is 0.395. The predicted octanol–water partition coefficient (Wildman–Crippen LogP) is 5.27. The van der Waals surface area contributed by atoms with Gasteiger partial charge >= 0.3 is 0 Å². The van der Waals surface area contributed by atoms with Crippen LogP contribution in [0.2, 0.25) is 5.02 Å².